The molecule has 0 bridgehead atoms. The lowest BCUT2D eigenvalue weighted by Gasteiger charge is -2.10. The smallest absolute Gasteiger partial charge is 0.316 e. The minimum Gasteiger partial charge on any atom is -0.616 e. The summed E-state index contributed by atoms with van der Waals surface area (Å²) in [5, 5.41) is 20.1. The first kappa shape index (κ1) is 37.1. The van der Waals surface area contributed by atoms with E-state index in [-0.39, 0.29) is 30.1 Å². The second kappa shape index (κ2) is 30.6. The number of hydrogen-bond acceptors (Lipinski definition) is 16. The Morgan fingerprint density at radius 2 is 1.43 bits per heavy atom. The number of thioether (sulfide) groups is 8. The second-order valence-corrected chi connectivity index (χ2v) is 17.1. The standard InChI is InChI=1S/C18H34O8S9/c19-1-4-29-13-31-11-24-17(21)9-28-7-8-35(23)16-33-15-34-18(22)10-27-6-3-25-26-12-32-14-30-5-2-20/h19-20H,1-16H2. The molecule has 1 unspecified atom stereocenters. The van der Waals surface area contributed by atoms with Gasteiger partial charge in [0.25, 0.3) is 0 Å². The molecule has 17 heteroatoms. The molecular weight excluding hydrogens is 633 g/mol. The number of ether oxygens (including phenoxy) is 1. The summed E-state index contributed by atoms with van der Waals surface area (Å²) < 4.78 is 17.1. The Balaban J connectivity index is 3.38. The van der Waals surface area contributed by atoms with Gasteiger partial charge in [0.2, 0.25) is 0 Å². The van der Waals surface area contributed by atoms with Crippen molar-refractivity contribution in [3.63, 3.8) is 0 Å². The van der Waals surface area contributed by atoms with Crippen molar-refractivity contribution in [3.8, 4) is 0 Å². The molecule has 0 saturated carbocycles. The molecule has 0 aromatic heterocycles. The molecular formula is C18H34O8S9. The van der Waals surface area contributed by atoms with E-state index in [9.17, 15) is 14.1 Å². The Kier molecular flexibility index (Phi) is 32.5. The van der Waals surface area contributed by atoms with Crippen molar-refractivity contribution in [3.05, 3.63) is 0 Å². The van der Waals surface area contributed by atoms with E-state index in [1.807, 2.05) is 0 Å². The monoisotopic (exact) mass is 666 g/mol. The van der Waals surface area contributed by atoms with Crippen LogP contribution < -0.4 is 0 Å². The third-order valence-corrected chi connectivity index (χ3v) is 13.5. The van der Waals surface area contributed by atoms with Crippen molar-refractivity contribution < 1.29 is 38.9 Å². The van der Waals surface area contributed by atoms with Crippen LogP contribution >= 0.6 is 94.1 Å². The number of carbonyl (C=O) groups is 2. The van der Waals surface area contributed by atoms with Crippen molar-refractivity contribution in [2.45, 2.75) is 0 Å². The van der Waals surface area contributed by atoms with Crippen LogP contribution in [0.25, 0.3) is 0 Å². The maximum Gasteiger partial charge on any atom is 0.316 e. The number of rotatable bonds is 27. The first-order valence-corrected chi connectivity index (χ1v) is 20.8. The zero-order valence-electron chi connectivity index (χ0n) is 19.3. The van der Waals surface area contributed by atoms with Crippen LogP contribution in [-0.4, -0.2) is 118 Å². The van der Waals surface area contributed by atoms with Crippen LogP contribution in [0.3, 0.4) is 0 Å². The maximum absolute atomic E-state index is 12.0. The van der Waals surface area contributed by atoms with Crippen molar-refractivity contribution in [1.29, 1.82) is 0 Å². The van der Waals surface area contributed by atoms with Crippen LogP contribution in [0.2, 0.25) is 0 Å². The Morgan fingerprint density at radius 3 is 2.14 bits per heavy atom. The van der Waals surface area contributed by atoms with Crippen LogP contribution in [0.4, 0.5) is 0 Å². The highest BCUT2D eigenvalue weighted by Gasteiger charge is 2.10. The van der Waals surface area contributed by atoms with E-state index in [1.165, 1.54) is 58.8 Å². The average Bonchev–Trinajstić information content (AvgIpc) is 2.85. The minimum atomic E-state index is -0.985. The summed E-state index contributed by atoms with van der Waals surface area (Å²) in [5.41, 5.74) is 0. The molecule has 0 aliphatic carbocycles. The van der Waals surface area contributed by atoms with Gasteiger partial charge in [-0.05, 0) is 11.2 Å². The van der Waals surface area contributed by atoms with Crippen LogP contribution in [0.5, 0.6) is 0 Å². The predicted octanol–water partition coefficient (Wildman–Crippen LogP) is 3.35. The first-order chi connectivity index (χ1) is 17.1. The fourth-order valence-electron chi connectivity index (χ4n) is 1.60. The van der Waals surface area contributed by atoms with Gasteiger partial charge in [0, 0.05) is 33.2 Å². The Bertz CT molecular complexity index is 497. The lowest BCUT2D eigenvalue weighted by atomic mass is 10.8. The van der Waals surface area contributed by atoms with E-state index in [2.05, 4.69) is 0 Å². The molecule has 0 saturated heterocycles. The number of aliphatic hydroxyl groups is 2. The molecule has 0 aliphatic heterocycles. The third kappa shape index (κ3) is 30.5. The number of esters is 1. The molecule has 0 heterocycles. The average molecular weight is 667 g/mol. The van der Waals surface area contributed by atoms with Crippen molar-refractivity contribution >= 4 is 116 Å². The largest absolute Gasteiger partial charge is 0.616 e. The summed E-state index contributed by atoms with van der Waals surface area (Å²) in [5.74, 6) is 4.32. The molecule has 0 amide bonds. The highest BCUT2D eigenvalue weighted by molar-refractivity contribution is 8.27. The summed E-state index contributed by atoms with van der Waals surface area (Å²) in [4.78, 5) is 33.5. The van der Waals surface area contributed by atoms with E-state index < -0.39 is 11.2 Å². The molecule has 35 heavy (non-hydrogen) atoms. The Hall–Kier alpha value is 2.09. The van der Waals surface area contributed by atoms with E-state index in [4.69, 9.17) is 24.7 Å². The molecule has 208 valence electrons. The summed E-state index contributed by atoms with van der Waals surface area (Å²) in [6, 6.07) is 0. The molecule has 0 radical (unpaired) electrons. The van der Waals surface area contributed by atoms with Crippen LogP contribution in [0.1, 0.15) is 0 Å². The number of aliphatic hydroxyl groups excluding tert-OH is 2. The molecule has 1 atom stereocenters. The predicted molar refractivity (Wildman–Crippen MR) is 164 cm³/mol. The highest BCUT2D eigenvalue weighted by Crippen LogP contribution is 2.18. The van der Waals surface area contributed by atoms with Crippen LogP contribution in [-0.2, 0) is 35.3 Å². The summed E-state index contributed by atoms with van der Waals surface area (Å²) in [6.07, 6.45) is 0. The van der Waals surface area contributed by atoms with Crippen LogP contribution in [0.15, 0.2) is 0 Å². The molecule has 0 aliphatic rings. The van der Waals surface area contributed by atoms with Gasteiger partial charge in [0.15, 0.2) is 10.2 Å². The fraction of sp³-hybridized carbons (Fsp3) is 0.889. The van der Waals surface area contributed by atoms with Gasteiger partial charge in [-0.1, -0.05) is 23.5 Å². The molecule has 0 spiro atoms. The minimum absolute atomic E-state index is 0.0879. The van der Waals surface area contributed by atoms with Gasteiger partial charge in [0.05, 0.1) is 36.4 Å². The molecule has 8 nitrogen and oxygen atoms in total. The Morgan fingerprint density at radius 1 is 0.743 bits per heavy atom. The first-order valence-electron chi connectivity index (χ1n) is 10.3. The zero-order chi connectivity index (χ0) is 25.8. The molecule has 2 N–H and O–H groups in total. The number of hydrogen-bond donors (Lipinski definition) is 2. The van der Waals surface area contributed by atoms with E-state index in [1.54, 1.807) is 35.3 Å². The van der Waals surface area contributed by atoms with E-state index in [0.717, 1.165) is 15.9 Å². The SMILES string of the molecule is O=C(CSCC[S+]([O-])CSCSC(=O)CSCCOOCSCSCCO)OCSCSCCO. The van der Waals surface area contributed by atoms with Gasteiger partial charge in [-0.25, -0.2) is 9.78 Å². The normalized spacial score (nSPS) is 12.1. The summed E-state index contributed by atoms with van der Waals surface area (Å²) >= 11 is 10.9. The van der Waals surface area contributed by atoms with Gasteiger partial charge in [-0.3, -0.25) is 9.59 Å². The molecule has 0 aromatic rings. The molecule has 0 fully saturated rings. The van der Waals surface area contributed by atoms with E-state index in [0.29, 0.717) is 57.4 Å². The highest BCUT2D eigenvalue weighted by atomic mass is 32.3. The summed E-state index contributed by atoms with van der Waals surface area (Å²) in [7, 11) is 0. The quantitative estimate of drug-likeness (QED) is 0.0332. The lowest BCUT2D eigenvalue weighted by molar-refractivity contribution is -0.274. The fourth-order valence-corrected chi connectivity index (χ4v) is 10.3. The summed E-state index contributed by atoms with van der Waals surface area (Å²) in [6.45, 7) is 0.752. The van der Waals surface area contributed by atoms with Gasteiger partial charge >= 0.3 is 5.97 Å². The molecule has 0 rings (SSSR count). The van der Waals surface area contributed by atoms with E-state index >= 15 is 0 Å². The second-order valence-electron chi connectivity index (χ2n) is 5.80. The van der Waals surface area contributed by atoms with Crippen molar-refractivity contribution in [2.24, 2.45) is 0 Å². The molecule has 0 aromatic carbocycles. The topological polar surface area (TPSA) is 125 Å². The van der Waals surface area contributed by atoms with Gasteiger partial charge < -0.3 is 19.5 Å². The number of carbonyl (C=O) groups excluding carboxylic acids is 2. The van der Waals surface area contributed by atoms with Gasteiger partial charge in [0.1, 0.15) is 17.6 Å². The third-order valence-electron chi connectivity index (χ3n) is 3.05. The van der Waals surface area contributed by atoms with Crippen molar-refractivity contribution in [2.75, 3.05) is 92.3 Å². The van der Waals surface area contributed by atoms with Crippen LogP contribution in [0, 0.1) is 0 Å². The zero-order valence-corrected chi connectivity index (χ0v) is 26.7. The Labute approximate surface area is 245 Å². The lowest BCUT2D eigenvalue weighted by Crippen LogP contribution is -2.13. The maximum atomic E-state index is 12.0. The van der Waals surface area contributed by atoms with Gasteiger partial charge in [-0.2, -0.15) is 11.8 Å². The van der Waals surface area contributed by atoms with Gasteiger partial charge in [-0.15, -0.1) is 58.8 Å². The van der Waals surface area contributed by atoms with Crippen molar-refractivity contribution in [1.82, 2.24) is 0 Å².